The summed E-state index contributed by atoms with van der Waals surface area (Å²) in [5.74, 6) is 0.484. The number of hydrogen-bond donors (Lipinski definition) is 1. The molecule has 1 aromatic rings. The van der Waals surface area contributed by atoms with E-state index < -0.39 is 0 Å². The fourth-order valence-electron chi connectivity index (χ4n) is 2.23. The van der Waals surface area contributed by atoms with Crippen LogP contribution in [-0.2, 0) is 6.42 Å². The standard InChI is InChI=1S/C13H17BrFN/c1-9(2)13(7-16-8-13)6-10-3-4-11(14)5-12(10)15/h3-5,9,16H,6-8H2,1-2H3. The summed E-state index contributed by atoms with van der Waals surface area (Å²) in [5.41, 5.74) is 1.08. The smallest absolute Gasteiger partial charge is 0.127 e. The first kappa shape index (κ1) is 12.1. The SMILES string of the molecule is CC(C)C1(Cc2ccc(Br)cc2F)CNC1. The van der Waals surface area contributed by atoms with Crippen LogP contribution in [0.25, 0.3) is 0 Å². The molecule has 1 aliphatic rings. The Morgan fingerprint density at radius 3 is 2.56 bits per heavy atom. The van der Waals surface area contributed by atoms with Gasteiger partial charge in [-0.15, -0.1) is 0 Å². The molecule has 1 N–H and O–H groups in total. The average Bonchev–Trinajstić information content (AvgIpc) is 2.13. The summed E-state index contributed by atoms with van der Waals surface area (Å²) in [6.07, 6.45) is 0.830. The maximum Gasteiger partial charge on any atom is 0.127 e. The lowest BCUT2D eigenvalue weighted by atomic mass is 9.68. The molecule has 0 bridgehead atoms. The fourth-order valence-corrected chi connectivity index (χ4v) is 2.56. The molecule has 2 rings (SSSR count). The molecule has 1 aliphatic heterocycles. The van der Waals surface area contributed by atoms with Crippen molar-refractivity contribution in [2.24, 2.45) is 11.3 Å². The third-order valence-electron chi connectivity index (χ3n) is 3.74. The van der Waals surface area contributed by atoms with Crippen LogP contribution in [0.15, 0.2) is 22.7 Å². The van der Waals surface area contributed by atoms with Gasteiger partial charge in [0.15, 0.2) is 0 Å². The van der Waals surface area contributed by atoms with Crippen molar-refractivity contribution in [1.29, 1.82) is 0 Å². The number of halogens is 2. The van der Waals surface area contributed by atoms with Gasteiger partial charge in [-0.25, -0.2) is 4.39 Å². The maximum absolute atomic E-state index is 13.8. The fraction of sp³-hybridized carbons (Fsp3) is 0.538. The van der Waals surface area contributed by atoms with Gasteiger partial charge in [0.25, 0.3) is 0 Å². The van der Waals surface area contributed by atoms with Crippen molar-refractivity contribution in [3.05, 3.63) is 34.1 Å². The van der Waals surface area contributed by atoms with E-state index in [-0.39, 0.29) is 11.2 Å². The van der Waals surface area contributed by atoms with E-state index in [1.807, 2.05) is 12.1 Å². The van der Waals surface area contributed by atoms with Crippen LogP contribution in [0.1, 0.15) is 19.4 Å². The van der Waals surface area contributed by atoms with Crippen molar-refractivity contribution >= 4 is 15.9 Å². The maximum atomic E-state index is 13.8. The molecule has 0 aliphatic carbocycles. The molecule has 0 atom stereocenters. The Bertz CT molecular complexity index is 386. The van der Waals surface area contributed by atoms with Crippen molar-refractivity contribution in [2.75, 3.05) is 13.1 Å². The average molecular weight is 286 g/mol. The van der Waals surface area contributed by atoms with E-state index in [9.17, 15) is 4.39 Å². The third-order valence-corrected chi connectivity index (χ3v) is 4.23. The zero-order chi connectivity index (χ0) is 11.8. The number of benzene rings is 1. The van der Waals surface area contributed by atoms with Crippen LogP contribution in [0.4, 0.5) is 4.39 Å². The predicted molar refractivity (Wildman–Crippen MR) is 67.9 cm³/mol. The molecule has 88 valence electrons. The molecular formula is C13H17BrFN. The molecular weight excluding hydrogens is 269 g/mol. The Labute approximate surface area is 105 Å². The Hall–Kier alpha value is -0.410. The Morgan fingerprint density at radius 1 is 1.44 bits per heavy atom. The Morgan fingerprint density at radius 2 is 2.12 bits per heavy atom. The van der Waals surface area contributed by atoms with Crippen molar-refractivity contribution < 1.29 is 4.39 Å². The highest BCUT2D eigenvalue weighted by molar-refractivity contribution is 9.10. The van der Waals surface area contributed by atoms with Gasteiger partial charge in [0.1, 0.15) is 5.82 Å². The van der Waals surface area contributed by atoms with Crippen LogP contribution in [0.2, 0.25) is 0 Å². The number of nitrogens with one attached hydrogen (secondary N) is 1. The number of rotatable bonds is 3. The van der Waals surface area contributed by atoms with Gasteiger partial charge in [-0.3, -0.25) is 0 Å². The van der Waals surface area contributed by atoms with E-state index >= 15 is 0 Å². The van der Waals surface area contributed by atoms with E-state index in [1.165, 1.54) is 0 Å². The minimum absolute atomic E-state index is 0.0960. The van der Waals surface area contributed by atoms with Crippen LogP contribution in [0, 0.1) is 17.2 Å². The van der Waals surface area contributed by atoms with E-state index in [2.05, 4.69) is 35.1 Å². The van der Waals surface area contributed by atoms with E-state index in [1.54, 1.807) is 6.07 Å². The predicted octanol–water partition coefficient (Wildman–Crippen LogP) is 3.38. The summed E-state index contributed by atoms with van der Waals surface area (Å²) in [7, 11) is 0. The molecule has 0 amide bonds. The highest BCUT2D eigenvalue weighted by atomic mass is 79.9. The second-order valence-electron chi connectivity index (χ2n) is 5.03. The topological polar surface area (TPSA) is 12.0 Å². The van der Waals surface area contributed by atoms with E-state index in [0.717, 1.165) is 29.5 Å². The molecule has 0 spiro atoms. The van der Waals surface area contributed by atoms with Crippen molar-refractivity contribution in [1.82, 2.24) is 5.32 Å². The molecule has 1 saturated heterocycles. The first-order chi connectivity index (χ1) is 7.53. The van der Waals surface area contributed by atoms with Gasteiger partial charge in [-0.2, -0.15) is 0 Å². The Balaban J connectivity index is 2.20. The van der Waals surface area contributed by atoms with Crippen LogP contribution in [-0.4, -0.2) is 13.1 Å². The zero-order valence-corrected chi connectivity index (χ0v) is 11.3. The normalized spacial score (nSPS) is 18.6. The third kappa shape index (κ3) is 2.16. The second kappa shape index (κ2) is 4.46. The van der Waals surface area contributed by atoms with Crippen LogP contribution >= 0.6 is 15.9 Å². The zero-order valence-electron chi connectivity index (χ0n) is 9.69. The Kier molecular flexibility index (Phi) is 3.36. The molecule has 1 nitrogen and oxygen atoms in total. The van der Waals surface area contributed by atoms with Crippen molar-refractivity contribution in [3.8, 4) is 0 Å². The molecule has 16 heavy (non-hydrogen) atoms. The molecule has 1 aromatic carbocycles. The van der Waals surface area contributed by atoms with Crippen LogP contribution < -0.4 is 5.32 Å². The number of hydrogen-bond acceptors (Lipinski definition) is 1. The van der Waals surface area contributed by atoms with E-state index in [4.69, 9.17) is 0 Å². The van der Waals surface area contributed by atoms with Crippen LogP contribution in [0.3, 0.4) is 0 Å². The van der Waals surface area contributed by atoms with Gasteiger partial charge >= 0.3 is 0 Å². The summed E-state index contributed by atoms with van der Waals surface area (Å²) < 4.78 is 14.6. The van der Waals surface area contributed by atoms with Gasteiger partial charge in [0, 0.05) is 23.0 Å². The first-order valence-corrected chi connectivity index (χ1v) is 6.47. The molecule has 0 radical (unpaired) electrons. The summed E-state index contributed by atoms with van der Waals surface area (Å²) in [5, 5.41) is 3.30. The first-order valence-electron chi connectivity index (χ1n) is 5.68. The van der Waals surface area contributed by atoms with Crippen molar-refractivity contribution in [3.63, 3.8) is 0 Å². The summed E-state index contributed by atoms with van der Waals surface area (Å²) in [6.45, 7) is 6.44. The lowest BCUT2D eigenvalue weighted by molar-refractivity contribution is 0.0983. The quantitative estimate of drug-likeness (QED) is 0.898. The highest BCUT2D eigenvalue weighted by Crippen LogP contribution is 2.36. The summed E-state index contributed by atoms with van der Waals surface area (Å²) in [4.78, 5) is 0. The lowest BCUT2D eigenvalue weighted by Gasteiger charge is -2.46. The van der Waals surface area contributed by atoms with Crippen molar-refractivity contribution in [2.45, 2.75) is 20.3 Å². The molecule has 1 fully saturated rings. The largest absolute Gasteiger partial charge is 0.315 e. The summed E-state index contributed by atoms with van der Waals surface area (Å²) >= 11 is 3.28. The lowest BCUT2D eigenvalue weighted by Crippen LogP contribution is -2.57. The molecule has 0 aromatic heterocycles. The van der Waals surface area contributed by atoms with Gasteiger partial charge in [0.05, 0.1) is 0 Å². The summed E-state index contributed by atoms with van der Waals surface area (Å²) in [6, 6.07) is 5.36. The van der Waals surface area contributed by atoms with Crippen LogP contribution in [0.5, 0.6) is 0 Å². The van der Waals surface area contributed by atoms with Gasteiger partial charge in [-0.1, -0.05) is 35.8 Å². The second-order valence-corrected chi connectivity index (χ2v) is 5.95. The minimum Gasteiger partial charge on any atom is -0.315 e. The van der Waals surface area contributed by atoms with Gasteiger partial charge in [0.2, 0.25) is 0 Å². The van der Waals surface area contributed by atoms with E-state index in [0.29, 0.717) is 5.92 Å². The minimum atomic E-state index is -0.0960. The highest BCUT2D eigenvalue weighted by Gasteiger charge is 2.40. The molecule has 1 heterocycles. The van der Waals surface area contributed by atoms with Gasteiger partial charge in [-0.05, 0) is 30.0 Å². The molecule has 3 heteroatoms. The monoisotopic (exact) mass is 285 g/mol. The molecule has 0 unspecified atom stereocenters. The molecule has 0 saturated carbocycles. The van der Waals surface area contributed by atoms with Gasteiger partial charge < -0.3 is 5.32 Å².